The monoisotopic (exact) mass is 403 g/mol. The minimum absolute atomic E-state index is 0.0358. The summed E-state index contributed by atoms with van der Waals surface area (Å²) < 4.78 is 9.30. The van der Waals surface area contributed by atoms with Crippen LogP contribution in [-0.2, 0) is 4.79 Å². The van der Waals surface area contributed by atoms with Crippen LogP contribution in [0.5, 0.6) is 5.75 Å². The normalized spacial score (nSPS) is 16.0. The van der Waals surface area contributed by atoms with E-state index < -0.39 is 0 Å². The van der Waals surface area contributed by atoms with Crippen molar-refractivity contribution in [3.63, 3.8) is 0 Å². The van der Waals surface area contributed by atoms with Gasteiger partial charge in [0.2, 0.25) is 5.91 Å². The summed E-state index contributed by atoms with van der Waals surface area (Å²) in [6, 6.07) is 11.5. The van der Waals surface area contributed by atoms with Crippen molar-refractivity contribution in [2.75, 3.05) is 5.32 Å². The molecule has 9 nitrogen and oxygen atoms in total. The molecule has 0 aliphatic carbocycles. The summed E-state index contributed by atoms with van der Waals surface area (Å²) in [5.74, 6) is 2.42. The first kappa shape index (κ1) is 18.3. The molecule has 0 radical (unpaired) electrons. The van der Waals surface area contributed by atoms with E-state index in [4.69, 9.17) is 4.74 Å². The van der Waals surface area contributed by atoms with E-state index in [-0.39, 0.29) is 17.9 Å². The van der Waals surface area contributed by atoms with Crippen LogP contribution < -0.4 is 10.1 Å². The van der Waals surface area contributed by atoms with Gasteiger partial charge >= 0.3 is 0 Å². The zero-order valence-electron chi connectivity index (χ0n) is 16.9. The maximum atomic E-state index is 12.6. The Morgan fingerprint density at radius 3 is 2.80 bits per heavy atom. The lowest BCUT2D eigenvalue weighted by molar-refractivity contribution is -0.116. The highest BCUT2D eigenvalue weighted by Gasteiger charge is 2.32. The standard InChI is InChI=1S/C21H21N7O2/c1-12(2)30-17-7-5-4-6-14(17)15-10-20(29)23-21-16(15)11-22-28(21)19-9-8-18-25-24-13(3)27(18)26-19/h4-9,11-12,15H,10H2,1-3H3,(H,23,29)/t15-/m0/s1. The van der Waals surface area contributed by atoms with Crippen LogP contribution in [-0.4, -0.2) is 41.6 Å². The molecule has 4 heterocycles. The molecule has 1 amide bonds. The fourth-order valence-corrected chi connectivity index (χ4v) is 3.80. The summed E-state index contributed by atoms with van der Waals surface area (Å²) in [6.45, 7) is 5.81. The van der Waals surface area contributed by atoms with Crippen molar-refractivity contribution >= 4 is 17.4 Å². The lowest BCUT2D eigenvalue weighted by Crippen LogP contribution is -2.25. The number of para-hydroxylation sites is 1. The number of anilines is 1. The number of nitrogens with zero attached hydrogens (tertiary/aromatic N) is 6. The molecule has 1 atom stereocenters. The first-order chi connectivity index (χ1) is 14.5. The summed E-state index contributed by atoms with van der Waals surface area (Å²) in [4.78, 5) is 12.6. The van der Waals surface area contributed by atoms with Gasteiger partial charge in [-0.05, 0) is 39.0 Å². The van der Waals surface area contributed by atoms with E-state index in [1.54, 1.807) is 15.4 Å². The summed E-state index contributed by atoms with van der Waals surface area (Å²) in [5.41, 5.74) is 2.55. The Balaban J connectivity index is 1.61. The molecule has 152 valence electrons. The van der Waals surface area contributed by atoms with E-state index in [2.05, 4.69) is 25.7 Å². The number of ether oxygens (including phenoxy) is 1. The number of carbonyl (C=O) groups excluding carboxylic acids is 1. The van der Waals surface area contributed by atoms with Crippen LogP contribution in [0.3, 0.4) is 0 Å². The molecular formula is C21H21N7O2. The Labute approximate surface area is 172 Å². The number of aryl methyl sites for hydroxylation is 1. The number of aromatic nitrogens is 6. The van der Waals surface area contributed by atoms with E-state index in [0.717, 1.165) is 16.9 Å². The second-order valence-corrected chi connectivity index (χ2v) is 7.58. The topological polar surface area (TPSA) is 99.2 Å². The molecule has 0 unspecified atom stereocenters. The Bertz CT molecular complexity index is 1260. The third kappa shape index (κ3) is 2.99. The fourth-order valence-electron chi connectivity index (χ4n) is 3.80. The molecule has 1 N–H and O–H groups in total. The molecular weight excluding hydrogens is 382 g/mol. The first-order valence-corrected chi connectivity index (χ1v) is 9.84. The van der Waals surface area contributed by atoms with Crippen LogP contribution in [0.1, 0.15) is 43.1 Å². The van der Waals surface area contributed by atoms with Crippen LogP contribution in [0.25, 0.3) is 11.5 Å². The van der Waals surface area contributed by atoms with Gasteiger partial charge in [-0.25, -0.2) is 0 Å². The molecule has 1 aliphatic heterocycles. The lowest BCUT2D eigenvalue weighted by atomic mass is 9.87. The Kier molecular flexibility index (Phi) is 4.23. The van der Waals surface area contributed by atoms with Crippen molar-refractivity contribution in [3.8, 4) is 11.6 Å². The van der Waals surface area contributed by atoms with Gasteiger partial charge in [0.15, 0.2) is 17.3 Å². The lowest BCUT2D eigenvalue weighted by Gasteiger charge is -2.25. The van der Waals surface area contributed by atoms with Gasteiger partial charge in [-0.3, -0.25) is 4.79 Å². The van der Waals surface area contributed by atoms with Crippen molar-refractivity contribution in [3.05, 3.63) is 59.5 Å². The van der Waals surface area contributed by atoms with Gasteiger partial charge in [-0.1, -0.05) is 18.2 Å². The molecule has 1 aliphatic rings. The molecule has 30 heavy (non-hydrogen) atoms. The molecule has 0 saturated heterocycles. The van der Waals surface area contributed by atoms with Crippen LogP contribution in [0.4, 0.5) is 5.82 Å². The van der Waals surface area contributed by atoms with Crippen LogP contribution >= 0.6 is 0 Å². The highest BCUT2D eigenvalue weighted by molar-refractivity contribution is 5.94. The van der Waals surface area contributed by atoms with E-state index in [0.29, 0.717) is 29.5 Å². The fraction of sp³-hybridized carbons (Fsp3) is 0.286. The van der Waals surface area contributed by atoms with E-state index in [1.165, 1.54) is 0 Å². The van der Waals surface area contributed by atoms with E-state index in [9.17, 15) is 4.79 Å². The van der Waals surface area contributed by atoms with Crippen LogP contribution in [0.15, 0.2) is 42.6 Å². The maximum absolute atomic E-state index is 12.6. The predicted molar refractivity (Wildman–Crippen MR) is 110 cm³/mol. The van der Waals surface area contributed by atoms with Gasteiger partial charge in [0.25, 0.3) is 0 Å². The number of benzene rings is 1. The smallest absolute Gasteiger partial charge is 0.226 e. The number of fused-ring (bicyclic) bond motifs is 2. The van der Waals surface area contributed by atoms with E-state index in [1.807, 2.05) is 57.2 Å². The average Bonchev–Trinajstić information content (AvgIpc) is 3.31. The molecule has 0 saturated carbocycles. The van der Waals surface area contributed by atoms with Crippen molar-refractivity contribution < 1.29 is 9.53 Å². The van der Waals surface area contributed by atoms with Crippen molar-refractivity contribution in [1.82, 2.24) is 29.6 Å². The van der Waals surface area contributed by atoms with Gasteiger partial charge in [-0.15, -0.1) is 15.3 Å². The Morgan fingerprint density at radius 2 is 1.97 bits per heavy atom. The number of nitrogens with one attached hydrogen (secondary N) is 1. The first-order valence-electron chi connectivity index (χ1n) is 9.84. The summed E-state index contributed by atoms with van der Waals surface area (Å²) >= 11 is 0. The van der Waals surface area contributed by atoms with Crippen molar-refractivity contribution in [2.45, 2.75) is 39.2 Å². The maximum Gasteiger partial charge on any atom is 0.226 e. The highest BCUT2D eigenvalue weighted by Crippen LogP contribution is 2.41. The third-order valence-corrected chi connectivity index (χ3v) is 5.10. The minimum Gasteiger partial charge on any atom is -0.491 e. The number of hydrogen-bond donors (Lipinski definition) is 1. The summed E-state index contributed by atoms with van der Waals surface area (Å²) in [7, 11) is 0. The second kappa shape index (κ2) is 6.94. The highest BCUT2D eigenvalue weighted by atomic mass is 16.5. The third-order valence-electron chi connectivity index (χ3n) is 5.10. The molecule has 0 spiro atoms. The summed E-state index contributed by atoms with van der Waals surface area (Å²) in [5, 5.41) is 20.2. The molecule has 9 heteroatoms. The second-order valence-electron chi connectivity index (χ2n) is 7.58. The SMILES string of the molecule is Cc1nnc2ccc(-n3ncc4c3NC(=O)C[C@H]4c3ccccc3OC(C)C)nn12. The largest absolute Gasteiger partial charge is 0.491 e. The number of hydrogen-bond acceptors (Lipinski definition) is 6. The van der Waals surface area contributed by atoms with Crippen LogP contribution in [0, 0.1) is 6.92 Å². The zero-order chi connectivity index (χ0) is 20.8. The minimum atomic E-state index is -0.155. The molecule has 4 aromatic rings. The van der Waals surface area contributed by atoms with Gasteiger partial charge < -0.3 is 10.1 Å². The summed E-state index contributed by atoms with van der Waals surface area (Å²) in [6.07, 6.45) is 2.15. The number of rotatable bonds is 4. The van der Waals surface area contributed by atoms with E-state index >= 15 is 0 Å². The zero-order valence-corrected chi connectivity index (χ0v) is 16.9. The van der Waals surface area contributed by atoms with Gasteiger partial charge in [0.05, 0.1) is 12.3 Å². The van der Waals surface area contributed by atoms with Gasteiger partial charge in [-0.2, -0.15) is 14.3 Å². The van der Waals surface area contributed by atoms with Crippen molar-refractivity contribution in [1.29, 1.82) is 0 Å². The molecule has 5 rings (SSSR count). The van der Waals surface area contributed by atoms with Gasteiger partial charge in [0.1, 0.15) is 11.6 Å². The molecule has 0 fully saturated rings. The quantitative estimate of drug-likeness (QED) is 0.562. The Hall–Kier alpha value is -3.75. The molecule has 3 aromatic heterocycles. The number of amides is 1. The molecule has 0 bridgehead atoms. The number of carbonyl (C=O) groups is 1. The predicted octanol–water partition coefficient (Wildman–Crippen LogP) is 2.88. The average molecular weight is 403 g/mol. The van der Waals surface area contributed by atoms with Crippen molar-refractivity contribution in [2.24, 2.45) is 0 Å². The Morgan fingerprint density at radius 1 is 1.13 bits per heavy atom. The van der Waals surface area contributed by atoms with Gasteiger partial charge in [0, 0.05) is 23.5 Å². The van der Waals surface area contributed by atoms with Crippen LogP contribution in [0.2, 0.25) is 0 Å². The molecule has 1 aromatic carbocycles.